The second kappa shape index (κ2) is 5.70. The Balaban J connectivity index is 1.80. The van der Waals surface area contributed by atoms with Crippen LogP contribution in [0.3, 0.4) is 0 Å². The van der Waals surface area contributed by atoms with Gasteiger partial charge in [-0.3, -0.25) is 4.90 Å². The van der Waals surface area contributed by atoms with Crippen molar-refractivity contribution in [3.8, 4) is 5.75 Å². The van der Waals surface area contributed by atoms with E-state index in [1.807, 2.05) is 12.1 Å². The van der Waals surface area contributed by atoms with Crippen LogP contribution >= 0.6 is 11.6 Å². The Hall–Kier alpha value is -0.770. The van der Waals surface area contributed by atoms with Crippen molar-refractivity contribution in [3.05, 3.63) is 28.8 Å². The first-order valence-electron chi connectivity index (χ1n) is 7.07. The molecule has 0 spiro atoms. The highest BCUT2D eigenvalue weighted by Crippen LogP contribution is 2.32. The minimum absolute atomic E-state index is 0.662. The van der Waals surface area contributed by atoms with Crippen molar-refractivity contribution < 1.29 is 4.74 Å². The molecular formula is C15H21ClN2O. The fourth-order valence-electron chi connectivity index (χ4n) is 3.34. The first-order chi connectivity index (χ1) is 9.28. The lowest BCUT2D eigenvalue weighted by molar-refractivity contribution is 0.193. The van der Waals surface area contributed by atoms with Crippen molar-refractivity contribution in [2.45, 2.75) is 37.9 Å². The summed E-state index contributed by atoms with van der Waals surface area (Å²) in [4.78, 5) is 2.63. The van der Waals surface area contributed by atoms with Gasteiger partial charge in [-0.15, -0.1) is 0 Å². The number of methoxy groups -OCH3 is 1. The van der Waals surface area contributed by atoms with Crippen LogP contribution in [-0.2, 0) is 6.54 Å². The van der Waals surface area contributed by atoms with Crippen LogP contribution in [0.25, 0.3) is 0 Å². The van der Waals surface area contributed by atoms with Gasteiger partial charge >= 0.3 is 0 Å². The molecule has 0 amide bonds. The van der Waals surface area contributed by atoms with Crippen molar-refractivity contribution in [2.75, 3.05) is 20.2 Å². The summed E-state index contributed by atoms with van der Waals surface area (Å²) in [6, 6.07) is 7.30. The number of hydrogen-bond acceptors (Lipinski definition) is 3. The van der Waals surface area contributed by atoms with Crippen molar-refractivity contribution >= 4 is 11.6 Å². The van der Waals surface area contributed by atoms with Gasteiger partial charge in [-0.1, -0.05) is 11.6 Å². The third-order valence-electron chi connectivity index (χ3n) is 4.41. The van der Waals surface area contributed by atoms with E-state index in [1.165, 1.54) is 24.8 Å². The highest BCUT2D eigenvalue weighted by atomic mass is 35.5. The SMILES string of the molecule is COc1ccc(Cl)c(CN2C3CCNCC2CC3)c1. The smallest absolute Gasteiger partial charge is 0.119 e. The zero-order valence-electron chi connectivity index (χ0n) is 11.4. The Bertz CT molecular complexity index is 438. The third-order valence-corrected chi connectivity index (χ3v) is 4.78. The molecule has 2 bridgehead atoms. The molecule has 3 rings (SSSR count). The monoisotopic (exact) mass is 280 g/mol. The van der Waals surface area contributed by atoms with Crippen molar-refractivity contribution in [3.63, 3.8) is 0 Å². The molecule has 0 aromatic heterocycles. The lowest BCUT2D eigenvalue weighted by Gasteiger charge is -2.28. The highest BCUT2D eigenvalue weighted by molar-refractivity contribution is 6.31. The van der Waals surface area contributed by atoms with Gasteiger partial charge in [-0.05, 0) is 49.6 Å². The van der Waals surface area contributed by atoms with Crippen molar-refractivity contribution in [1.82, 2.24) is 10.2 Å². The van der Waals surface area contributed by atoms with Gasteiger partial charge in [-0.25, -0.2) is 0 Å². The minimum Gasteiger partial charge on any atom is -0.497 e. The Morgan fingerprint density at radius 3 is 3.00 bits per heavy atom. The number of ether oxygens (including phenoxy) is 1. The van der Waals surface area contributed by atoms with Gasteiger partial charge in [0.1, 0.15) is 5.75 Å². The molecule has 1 aromatic carbocycles. The summed E-state index contributed by atoms with van der Waals surface area (Å²) in [5.41, 5.74) is 1.18. The first kappa shape index (κ1) is 13.2. The highest BCUT2D eigenvalue weighted by Gasteiger charge is 2.34. The van der Waals surface area contributed by atoms with Gasteiger partial charge in [0.15, 0.2) is 0 Å². The number of fused-ring (bicyclic) bond motifs is 2. The molecular weight excluding hydrogens is 260 g/mol. The molecule has 1 N–H and O–H groups in total. The van der Waals surface area contributed by atoms with Gasteiger partial charge in [0, 0.05) is 30.2 Å². The molecule has 19 heavy (non-hydrogen) atoms. The van der Waals surface area contributed by atoms with Crippen LogP contribution in [0.15, 0.2) is 18.2 Å². The van der Waals surface area contributed by atoms with Crippen LogP contribution in [-0.4, -0.2) is 37.2 Å². The van der Waals surface area contributed by atoms with Gasteiger partial charge in [0.2, 0.25) is 0 Å². The zero-order chi connectivity index (χ0) is 13.2. The average Bonchev–Trinajstić information content (AvgIpc) is 2.65. The van der Waals surface area contributed by atoms with E-state index in [4.69, 9.17) is 16.3 Å². The zero-order valence-corrected chi connectivity index (χ0v) is 12.1. The van der Waals surface area contributed by atoms with Gasteiger partial charge in [-0.2, -0.15) is 0 Å². The average molecular weight is 281 g/mol. The molecule has 2 saturated heterocycles. The van der Waals surface area contributed by atoms with Crippen LogP contribution in [0.5, 0.6) is 5.75 Å². The molecule has 2 atom stereocenters. The molecule has 3 nitrogen and oxygen atoms in total. The lowest BCUT2D eigenvalue weighted by Crippen LogP contribution is -2.37. The molecule has 2 fully saturated rings. The second-order valence-electron chi connectivity index (χ2n) is 5.51. The Morgan fingerprint density at radius 2 is 2.16 bits per heavy atom. The van der Waals surface area contributed by atoms with E-state index in [-0.39, 0.29) is 0 Å². The van der Waals surface area contributed by atoms with E-state index in [0.29, 0.717) is 12.1 Å². The number of rotatable bonds is 3. The number of nitrogens with one attached hydrogen (secondary N) is 1. The number of nitrogens with zero attached hydrogens (tertiary/aromatic N) is 1. The quantitative estimate of drug-likeness (QED) is 0.921. The predicted molar refractivity (Wildman–Crippen MR) is 77.8 cm³/mol. The summed E-state index contributed by atoms with van der Waals surface area (Å²) >= 11 is 6.33. The van der Waals surface area contributed by atoms with E-state index < -0.39 is 0 Å². The van der Waals surface area contributed by atoms with Gasteiger partial charge < -0.3 is 10.1 Å². The fourth-order valence-corrected chi connectivity index (χ4v) is 3.51. The van der Waals surface area contributed by atoms with Crippen LogP contribution < -0.4 is 10.1 Å². The maximum atomic E-state index is 6.33. The van der Waals surface area contributed by atoms with Crippen molar-refractivity contribution in [2.24, 2.45) is 0 Å². The van der Waals surface area contributed by atoms with Crippen LogP contribution in [0, 0.1) is 0 Å². The molecule has 0 radical (unpaired) electrons. The van der Waals surface area contributed by atoms with Gasteiger partial charge in [0.05, 0.1) is 7.11 Å². The van der Waals surface area contributed by atoms with Crippen LogP contribution in [0.4, 0.5) is 0 Å². The first-order valence-corrected chi connectivity index (χ1v) is 7.44. The molecule has 2 heterocycles. The summed E-state index contributed by atoms with van der Waals surface area (Å²) < 4.78 is 5.30. The summed E-state index contributed by atoms with van der Waals surface area (Å²) in [7, 11) is 1.70. The Kier molecular flexibility index (Phi) is 3.96. The molecule has 4 heteroatoms. The van der Waals surface area contributed by atoms with Crippen LogP contribution in [0.1, 0.15) is 24.8 Å². The van der Waals surface area contributed by atoms with E-state index in [9.17, 15) is 0 Å². The summed E-state index contributed by atoms with van der Waals surface area (Å²) in [6.45, 7) is 3.19. The van der Waals surface area contributed by atoms with E-state index in [1.54, 1.807) is 7.11 Å². The third kappa shape index (κ3) is 2.73. The van der Waals surface area contributed by atoms with Crippen molar-refractivity contribution in [1.29, 1.82) is 0 Å². The molecule has 2 aliphatic heterocycles. The molecule has 1 aromatic rings. The van der Waals surface area contributed by atoms with E-state index in [0.717, 1.165) is 30.4 Å². The molecule has 2 aliphatic rings. The van der Waals surface area contributed by atoms with E-state index >= 15 is 0 Å². The summed E-state index contributed by atoms with van der Waals surface area (Å²) in [5.74, 6) is 0.889. The summed E-state index contributed by atoms with van der Waals surface area (Å²) in [6.07, 6.45) is 3.88. The minimum atomic E-state index is 0.662. The second-order valence-corrected chi connectivity index (χ2v) is 5.91. The number of benzene rings is 1. The molecule has 104 valence electrons. The molecule has 0 aliphatic carbocycles. The Labute approximate surface area is 119 Å². The van der Waals surface area contributed by atoms with Gasteiger partial charge in [0.25, 0.3) is 0 Å². The maximum Gasteiger partial charge on any atom is 0.119 e. The maximum absolute atomic E-state index is 6.33. The topological polar surface area (TPSA) is 24.5 Å². The summed E-state index contributed by atoms with van der Waals surface area (Å²) in [5, 5.41) is 4.38. The Morgan fingerprint density at radius 1 is 1.32 bits per heavy atom. The number of halogens is 1. The normalized spacial score (nSPS) is 27.3. The van der Waals surface area contributed by atoms with E-state index in [2.05, 4.69) is 16.3 Å². The number of hydrogen-bond donors (Lipinski definition) is 1. The predicted octanol–water partition coefficient (Wildman–Crippen LogP) is 2.67. The van der Waals surface area contributed by atoms with Crippen LogP contribution in [0.2, 0.25) is 5.02 Å². The molecule has 2 unspecified atom stereocenters. The lowest BCUT2D eigenvalue weighted by atomic mass is 10.1. The molecule has 0 saturated carbocycles. The fraction of sp³-hybridized carbons (Fsp3) is 0.600. The largest absolute Gasteiger partial charge is 0.497 e. The standard InChI is InChI=1S/C15H21ClN2O/c1-19-14-4-5-15(16)11(8-14)10-18-12-2-3-13(18)9-17-7-6-12/h4-5,8,12-13,17H,2-3,6-7,9-10H2,1H3.